The number of carbonyl (C=O) groups excluding carboxylic acids is 1. The molecule has 0 aliphatic heterocycles. The first-order valence-electron chi connectivity index (χ1n) is 5.48. The third kappa shape index (κ3) is 3.27. The Bertz CT molecular complexity index is 517. The van der Waals surface area contributed by atoms with Gasteiger partial charge in [0.2, 0.25) is 0 Å². The van der Waals surface area contributed by atoms with Crippen molar-refractivity contribution in [2.24, 2.45) is 0 Å². The fourth-order valence-electron chi connectivity index (χ4n) is 1.68. The van der Waals surface area contributed by atoms with Gasteiger partial charge in [-0.05, 0) is 36.9 Å². The van der Waals surface area contributed by atoms with E-state index in [-0.39, 0.29) is 5.78 Å². The molecule has 0 bridgehead atoms. The highest BCUT2D eigenvalue weighted by atomic mass is 79.9. The van der Waals surface area contributed by atoms with Gasteiger partial charge in [0, 0.05) is 21.3 Å². The molecule has 2 aromatic rings. The van der Waals surface area contributed by atoms with Crippen LogP contribution in [0.2, 0.25) is 0 Å². The molecule has 1 aromatic heterocycles. The van der Waals surface area contributed by atoms with Crippen LogP contribution in [0, 0.1) is 6.92 Å². The van der Waals surface area contributed by atoms with E-state index in [1.807, 2.05) is 36.6 Å². The first-order valence-corrected chi connectivity index (χ1v) is 7.16. The average molecular weight is 309 g/mol. The summed E-state index contributed by atoms with van der Waals surface area (Å²) in [6, 6.07) is 9.98. The molecule has 88 valence electrons. The van der Waals surface area contributed by atoms with Crippen molar-refractivity contribution in [2.75, 3.05) is 0 Å². The topological polar surface area (TPSA) is 17.1 Å². The van der Waals surface area contributed by atoms with Crippen molar-refractivity contribution in [1.29, 1.82) is 0 Å². The average Bonchev–Trinajstić information content (AvgIpc) is 2.82. The number of carbonyl (C=O) groups is 1. The maximum Gasteiger partial charge on any atom is 0.164 e. The van der Waals surface area contributed by atoms with Crippen molar-refractivity contribution in [1.82, 2.24) is 0 Å². The summed E-state index contributed by atoms with van der Waals surface area (Å²) >= 11 is 5.14. The number of ketones is 1. The Morgan fingerprint density at radius 2 is 2.18 bits per heavy atom. The summed E-state index contributed by atoms with van der Waals surface area (Å²) in [6.45, 7) is 2.00. The van der Waals surface area contributed by atoms with E-state index in [1.54, 1.807) is 11.3 Å². The van der Waals surface area contributed by atoms with Crippen LogP contribution >= 0.6 is 27.3 Å². The smallest absolute Gasteiger partial charge is 0.164 e. The van der Waals surface area contributed by atoms with Gasteiger partial charge in [-0.2, -0.15) is 0 Å². The van der Waals surface area contributed by atoms with E-state index in [0.717, 1.165) is 22.0 Å². The van der Waals surface area contributed by atoms with E-state index in [1.165, 1.54) is 4.88 Å². The molecule has 0 saturated heterocycles. The summed E-state index contributed by atoms with van der Waals surface area (Å²) < 4.78 is 0.888. The Morgan fingerprint density at radius 3 is 2.88 bits per heavy atom. The number of Topliss-reactive ketones (excluding diaryl/α,β-unsaturated/α-hetero) is 1. The molecule has 0 aliphatic carbocycles. The molecule has 0 unspecified atom stereocenters. The lowest BCUT2D eigenvalue weighted by molar-refractivity contribution is 0.0982. The number of rotatable bonds is 4. The van der Waals surface area contributed by atoms with E-state index in [0.29, 0.717) is 6.42 Å². The van der Waals surface area contributed by atoms with Crippen LogP contribution in [0.5, 0.6) is 0 Å². The van der Waals surface area contributed by atoms with Crippen molar-refractivity contribution in [3.63, 3.8) is 0 Å². The maximum absolute atomic E-state index is 12.1. The van der Waals surface area contributed by atoms with Crippen LogP contribution in [0.1, 0.15) is 27.2 Å². The zero-order valence-electron chi connectivity index (χ0n) is 9.57. The summed E-state index contributed by atoms with van der Waals surface area (Å²) in [5, 5.41) is 2.04. The SMILES string of the molecule is Cc1ccc(Br)c(C(=O)CCc2cccs2)c1. The van der Waals surface area contributed by atoms with Gasteiger partial charge in [0.1, 0.15) is 0 Å². The Morgan fingerprint density at radius 1 is 1.35 bits per heavy atom. The lowest BCUT2D eigenvalue weighted by atomic mass is 10.0. The molecule has 0 aliphatic rings. The highest BCUT2D eigenvalue weighted by molar-refractivity contribution is 9.10. The normalized spacial score (nSPS) is 10.5. The molecular weight excluding hydrogens is 296 g/mol. The van der Waals surface area contributed by atoms with Crippen LogP contribution < -0.4 is 0 Å². The summed E-state index contributed by atoms with van der Waals surface area (Å²) in [5.74, 6) is 0.203. The third-order valence-electron chi connectivity index (χ3n) is 2.60. The first-order chi connectivity index (χ1) is 8.16. The molecule has 0 atom stereocenters. The number of aryl methyl sites for hydroxylation is 2. The molecule has 3 heteroatoms. The minimum Gasteiger partial charge on any atom is -0.294 e. The van der Waals surface area contributed by atoms with Crippen molar-refractivity contribution in [3.8, 4) is 0 Å². The Kier molecular flexibility index (Phi) is 4.13. The van der Waals surface area contributed by atoms with Crippen molar-refractivity contribution in [3.05, 3.63) is 56.2 Å². The van der Waals surface area contributed by atoms with Gasteiger partial charge in [-0.25, -0.2) is 0 Å². The molecule has 0 radical (unpaired) electrons. The fourth-order valence-corrected chi connectivity index (χ4v) is 2.86. The van der Waals surface area contributed by atoms with Gasteiger partial charge in [-0.3, -0.25) is 4.79 Å². The monoisotopic (exact) mass is 308 g/mol. The van der Waals surface area contributed by atoms with E-state index >= 15 is 0 Å². The number of benzene rings is 1. The van der Waals surface area contributed by atoms with Gasteiger partial charge in [-0.15, -0.1) is 11.3 Å². The largest absolute Gasteiger partial charge is 0.294 e. The third-order valence-corrected chi connectivity index (χ3v) is 4.23. The number of halogens is 1. The van der Waals surface area contributed by atoms with E-state index in [4.69, 9.17) is 0 Å². The van der Waals surface area contributed by atoms with E-state index < -0.39 is 0 Å². The Balaban J connectivity index is 2.07. The Labute approximate surface area is 114 Å². The predicted molar refractivity (Wildman–Crippen MR) is 75.8 cm³/mol. The molecule has 0 spiro atoms. The summed E-state index contributed by atoms with van der Waals surface area (Å²) in [4.78, 5) is 13.4. The van der Waals surface area contributed by atoms with E-state index in [9.17, 15) is 4.79 Å². The number of hydrogen-bond donors (Lipinski definition) is 0. The second kappa shape index (κ2) is 5.61. The molecule has 17 heavy (non-hydrogen) atoms. The predicted octanol–water partition coefficient (Wildman–Crippen LogP) is 4.63. The Hall–Kier alpha value is -0.930. The molecule has 0 saturated carbocycles. The second-order valence-corrected chi connectivity index (χ2v) is 5.87. The standard InChI is InChI=1S/C14H13BrOS/c1-10-4-6-13(15)12(9-10)14(16)7-5-11-3-2-8-17-11/h2-4,6,8-9H,5,7H2,1H3. The van der Waals surface area contributed by atoms with Crippen LogP contribution in [-0.4, -0.2) is 5.78 Å². The maximum atomic E-state index is 12.1. The van der Waals surface area contributed by atoms with Crippen LogP contribution in [0.3, 0.4) is 0 Å². The molecule has 1 nitrogen and oxygen atoms in total. The van der Waals surface area contributed by atoms with Gasteiger partial charge in [0.25, 0.3) is 0 Å². The van der Waals surface area contributed by atoms with Crippen LogP contribution in [0.15, 0.2) is 40.2 Å². The highest BCUT2D eigenvalue weighted by Crippen LogP contribution is 2.21. The van der Waals surface area contributed by atoms with Crippen molar-refractivity contribution in [2.45, 2.75) is 19.8 Å². The lowest BCUT2D eigenvalue weighted by Gasteiger charge is -2.04. The minimum atomic E-state index is 0.203. The quantitative estimate of drug-likeness (QED) is 0.752. The lowest BCUT2D eigenvalue weighted by Crippen LogP contribution is -2.02. The van der Waals surface area contributed by atoms with Gasteiger partial charge in [0.05, 0.1) is 0 Å². The summed E-state index contributed by atoms with van der Waals surface area (Å²) in [7, 11) is 0. The fraction of sp³-hybridized carbons (Fsp3) is 0.214. The summed E-state index contributed by atoms with van der Waals surface area (Å²) in [5.41, 5.74) is 1.91. The van der Waals surface area contributed by atoms with E-state index in [2.05, 4.69) is 22.0 Å². The minimum absolute atomic E-state index is 0.203. The zero-order valence-corrected chi connectivity index (χ0v) is 12.0. The van der Waals surface area contributed by atoms with Gasteiger partial charge >= 0.3 is 0 Å². The number of thiophene rings is 1. The van der Waals surface area contributed by atoms with Gasteiger partial charge in [0.15, 0.2) is 5.78 Å². The number of hydrogen-bond acceptors (Lipinski definition) is 2. The molecule has 0 amide bonds. The van der Waals surface area contributed by atoms with Crippen LogP contribution in [-0.2, 0) is 6.42 Å². The van der Waals surface area contributed by atoms with Gasteiger partial charge in [-0.1, -0.05) is 33.6 Å². The molecule has 0 fully saturated rings. The van der Waals surface area contributed by atoms with Crippen LogP contribution in [0.25, 0.3) is 0 Å². The van der Waals surface area contributed by atoms with Gasteiger partial charge < -0.3 is 0 Å². The summed E-state index contributed by atoms with van der Waals surface area (Å²) in [6.07, 6.45) is 1.40. The van der Waals surface area contributed by atoms with Crippen molar-refractivity contribution < 1.29 is 4.79 Å². The molecule has 1 aromatic carbocycles. The van der Waals surface area contributed by atoms with Crippen molar-refractivity contribution >= 4 is 33.0 Å². The zero-order chi connectivity index (χ0) is 12.3. The first kappa shape index (κ1) is 12.5. The molecule has 2 rings (SSSR count). The highest BCUT2D eigenvalue weighted by Gasteiger charge is 2.10. The van der Waals surface area contributed by atoms with Crippen LogP contribution in [0.4, 0.5) is 0 Å². The second-order valence-electron chi connectivity index (χ2n) is 3.99. The molecular formula is C14H13BrOS. The molecule has 0 N–H and O–H groups in total. The molecule has 1 heterocycles.